The van der Waals surface area contributed by atoms with Crippen molar-refractivity contribution in [2.45, 2.75) is 25.8 Å². The molecule has 18 heavy (non-hydrogen) atoms. The number of hydrogen-bond acceptors (Lipinski definition) is 2. The second kappa shape index (κ2) is 7.41. The Morgan fingerprint density at radius 2 is 1.94 bits per heavy atom. The van der Waals surface area contributed by atoms with Crippen molar-refractivity contribution in [3.63, 3.8) is 0 Å². The molecule has 4 heteroatoms. The maximum Gasteiger partial charge on any atom is 0.251 e. The smallest absolute Gasteiger partial charge is 0.251 e. The molecular weight excluding hydrogens is 292 g/mol. The lowest BCUT2D eigenvalue weighted by Gasteiger charge is -2.16. The van der Waals surface area contributed by atoms with Gasteiger partial charge in [-0.25, -0.2) is 0 Å². The van der Waals surface area contributed by atoms with Crippen LogP contribution in [0.25, 0.3) is 0 Å². The van der Waals surface area contributed by atoms with Gasteiger partial charge in [-0.15, -0.1) is 0 Å². The topological polar surface area (TPSA) is 32.3 Å². The molecule has 100 valence electrons. The quantitative estimate of drug-likeness (QED) is 0.819. The van der Waals surface area contributed by atoms with Crippen LogP contribution in [0, 0.1) is 0 Å². The molecule has 0 heterocycles. The molecule has 1 aromatic carbocycles. The van der Waals surface area contributed by atoms with E-state index >= 15 is 0 Å². The van der Waals surface area contributed by atoms with Gasteiger partial charge in [-0.3, -0.25) is 4.79 Å². The highest BCUT2D eigenvalue weighted by Gasteiger charge is 2.11. The van der Waals surface area contributed by atoms with Crippen LogP contribution >= 0.6 is 15.9 Å². The van der Waals surface area contributed by atoms with Gasteiger partial charge in [0.05, 0.1) is 0 Å². The van der Waals surface area contributed by atoms with Crippen LogP contribution in [0.3, 0.4) is 0 Å². The molecule has 0 aliphatic carbocycles. The summed E-state index contributed by atoms with van der Waals surface area (Å²) in [5, 5.41) is 3.96. The molecular formula is C14H21BrN2O. The molecule has 0 radical (unpaired) electrons. The number of carbonyl (C=O) groups is 1. The van der Waals surface area contributed by atoms with E-state index in [9.17, 15) is 4.79 Å². The van der Waals surface area contributed by atoms with Gasteiger partial charge < -0.3 is 10.2 Å². The van der Waals surface area contributed by atoms with E-state index in [-0.39, 0.29) is 11.9 Å². The lowest BCUT2D eigenvalue weighted by Crippen LogP contribution is -2.34. The summed E-state index contributed by atoms with van der Waals surface area (Å²) in [5.41, 5.74) is 1.81. The van der Waals surface area contributed by atoms with Crippen LogP contribution in [0.1, 0.15) is 30.1 Å². The fourth-order valence-corrected chi connectivity index (χ4v) is 2.24. The summed E-state index contributed by atoms with van der Waals surface area (Å²) in [6.45, 7) is 2.09. The third-order valence-corrected chi connectivity index (χ3v) is 3.39. The van der Waals surface area contributed by atoms with Crippen LogP contribution in [0.15, 0.2) is 24.3 Å². The van der Waals surface area contributed by atoms with Gasteiger partial charge in [0, 0.05) is 36.7 Å². The Bertz CT molecular complexity index is 376. The maximum atomic E-state index is 12.0. The zero-order chi connectivity index (χ0) is 13.5. The Morgan fingerprint density at radius 3 is 2.39 bits per heavy atom. The number of anilines is 1. The fraction of sp³-hybridized carbons (Fsp3) is 0.500. The lowest BCUT2D eigenvalue weighted by atomic mass is 10.1. The first-order chi connectivity index (χ1) is 8.58. The number of amides is 1. The Morgan fingerprint density at radius 1 is 1.33 bits per heavy atom. The van der Waals surface area contributed by atoms with E-state index < -0.39 is 0 Å². The first-order valence-corrected chi connectivity index (χ1v) is 7.34. The van der Waals surface area contributed by atoms with Crippen molar-refractivity contribution in [3.05, 3.63) is 29.8 Å². The minimum Gasteiger partial charge on any atom is -0.378 e. The molecule has 0 bridgehead atoms. The molecule has 1 aromatic rings. The van der Waals surface area contributed by atoms with E-state index in [1.165, 1.54) is 0 Å². The van der Waals surface area contributed by atoms with Gasteiger partial charge >= 0.3 is 0 Å². The average molecular weight is 313 g/mol. The average Bonchev–Trinajstić information content (AvgIpc) is 2.38. The zero-order valence-corrected chi connectivity index (χ0v) is 12.8. The summed E-state index contributed by atoms with van der Waals surface area (Å²) >= 11 is 3.41. The summed E-state index contributed by atoms with van der Waals surface area (Å²) in [6, 6.07) is 7.89. The number of nitrogens with one attached hydrogen (secondary N) is 1. The SMILES string of the molecule is CCC(CCBr)NC(=O)c1ccc(N(C)C)cc1. The highest BCUT2D eigenvalue weighted by Crippen LogP contribution is 2.12. The first kappa shape index (κ1) is 15.0. The molecule has 0 fully saturated rings. The van der Waals surface area contributed by atoms with Gasteiger partial charge in [-0.1, -0.05) is 22.9 Å². The number of benzene rings is 1. The number of rotatable bonds is 6. The molecule has 1 atom stereocenters. The molecule has 1 unspecified atom stereocenters. The fourth-order valence-electron chi connectivity index (χ4n) is 1.69. The van der Waals surface area contributed by atoms with Crippen LogP contribution in [-0.2, 0) is 0 Å². The number of nitrogens with zero attached hydrogens (tertiary/aromatic N) is 1. The molecule has 3 nitrogen and oxygen atoms in total. The van der Waals surface area contributed by atoms with E-state index in [4.69, 9.17) is 0 Å². The molecule has 0 aromatic heterocycles. The van der Waals surface area contributed by atoms with Crippen molar-refractivity contribution in [2.75, 3.05) is 24.3 Å². The van der Waals surface area contributed by atoms with E-state index in [0.29, 0.717) is 5.56 Å². The number of carbonyl (C=O) groups excluding carboxylic acids is 1. The molecule has 1 rings (SSSR count). The van der Waals surface area contributed by atoms with Crippen molar-refractivity contribution < 1.29 is 4.79 Å². The summed E-state index contributed by atoms with van der Waals surface area (Å²) < 4.78 is 0. The van der Waals surface area contributed by atoms with Crippen molar-refractivity contribution in [3.8, 4) is 0 Å². The van der Waals surface area contributed by atoms with Crippen molar-refractivity contribution in [1.29, 1.82) is 0 Å². The monoisotopic (exact) mass is 312 g/mol. The minimum atomic E-state index is 0.00751. The Balaban J connectivity index is 2.66. The van der Waals surface area contributed by atoms with Gasteiger partial charge in [-0.2, -0.15) is 0 Å². The number of halogens is 1. The normalized spacial score (nSPS) is 12.0. The van der Waals surface area contributed by atoms with Crippen LogP contribution in [0.5, 0.6) is 0 Å². The first-order valence-electron chi connectivity index (χ1n) is 6.22. The molecule has 0 saturated carbocycles. The van der Waals surface area contributed by atoms with Gasteiger partial charge in [-0.05, 0) is 37.1 Å². The molecule has 0 aliphatic heterocycles. The summed E-state index contributed by atoms with van der Waals surface area (Å²) in [7, 11) is 3.97. The third-order valence-electron chi connectivity index (χ3n) is 2.93. The Hall–Kier alpha value is -1.03. The van der Waals surface area contributed by atoms with Crippen LogP contribution < -0.4 is 10.2 Å². The molecule has 1 amide bonds. The number of alkyl halides is 1. The highest BCUT2D eigenvalue weighted by atomic mass is 79.9. The van der Waals surface area contributed by atoms with E-state index in [0.717, 1.165) is 23.9 Å². The largest absolute Gasteiger partial charge is 0.378 e. The summed E-state index contributed by atoms with van der Waals surface area (Å²) in [4.78, 5) is 14.0. The lowest BCUT2D eigenvalue weighted by molar-refractivity contribution is 0.0935. The summed E-state index contributed by atoms with van der Waals surface area (Å²) in [6.07, 6.45) is 1.91. The highest BCUT2D eigenvalue weighted by molar-refractivity contribution is 9.09. The van der Waals surface area contributed by atoms with Crippen LogP contribution in [0.4, 0.5) is 5.69 Å². The third kappa shape index (κ3) is 4.33. The van der Waals surface area contributed by atoms with Crippen molar-refractivity contribution in [1.82, 2.24) is 5.32 Å². The molecule has 0 saturated heterocycles. The van der Waals surface area contributed by atoms with E-state index in [2.05, 4.69) is 28.2 Å². The van der Waals surface area contributed by atoms with Crippen molar-refractivity contribution in [2.24, 2.45) is 0 Å². The Kier molecular flexibility index (Phi) is 6.19. The second-order valence-electron chi connectivity index (χ2n) is 4.50. The zero-order valence-electron chi connectivity index (χ0n) is 11.2. The van der Waals surface area contributed by atoms with E-state index in [1.807, 2.05) is 43.3 Å². The van der Waals surface area contributed by atoms with E-state index in [1.54, 1.807) is 0 Å². The molecule has 0 aliphatic rings. The standard InChI is InChI=1S/C14H21BrN2O/c1-4-12(9-10-15)16-14(18)11-5-7-13(8-6-11)17(2)3/h5-8,12H,4,9-10H2,1-3H3,(H,16,18). The predicted octanol–water partition coefficient (Wildman–Crippen LogP) is 3.05. The van der Waals surface area contributed by atoms with Crippen LogP contribution in [0.2, 0.25) is 0 Å². The summed E-state index contributed by atoms with van der Waals surface area (Å²) in [5.74, 6) is 0.00751. The molecule has 1 N–H and O–H groups in total. The second-order valence-corrected chi connectivity index (χ2v) is 5.29. The van der Waals surface area contributed by atoms with Gasteiger partial charge in [0.25, 0.3) is 5.91 Å². The van der Waals surface area contributed by atoms with Gasteiger partial charge in [0.1, 0.15) is 0 Å². The minimum absolute atomic E-state index is 0.00751. The van der Waals surface area contributed by atoms with Crippen LogP contribution in [-0.4, -0.2) is 31.4 Å². The Labute approximate surface area is 118 Å². The number of hydrogen-bond donors (Lipinski definition) is 1. The van der Waals surface area contributed by atoms with Gasteiger partial charge in [0.15, 0.2) is 0 Å². The predicted molar refractivity (Wildman–Crippen MR) is 80.7 cm³/mol. The van der Waals surface area contributed by atoms with Gasteiger partial charge in [0.2, 0.25) is 0 Å². The maximum absolute atomic E-state index is 12.0. The molecule has 0 spiro atoms. The van der Waals surface area contributed by atoms with Crippen molar-refractivity contribution >= 4 is 27.5 Å².